The Labute approximate surface area is 188 Å². The van der Waals surface area contributed by atoms with Gasteiger partial charge in [-0.05, 0) is 67.6 Å². The van der Waals surface area contributed by atoms with Crippen molar-refractivity contribution < 1.29 is 9.59 Å². The van der Waals surface area contributed by atoms with Crippen LogP contribution in [0.25, 0.3) is 11.1 Å². The second-order valence-electron chi connectivity index (χ2n) is 8.50. The summed E-state index contributed by atoms with van der Waals surface area (Å²) in [4.78, 5) is 37.2. The molecule has 6 heteroatoms. The van der Waals surface area contributed by atoms with Crippen LogP contribution in [0.15, 0.2) is 73.2 Å². The molecular weight excluding hydrogens is 400 g/mol. The van der Waals surface area contributed by atoms with E-state index in [1.165, 1.54) is 0 Å². The van der Waals surface area contributed by atoms with Crippen molar-refractivity contribution in [2.45, 2.75) is 44.7 Å². The molecule has 1 N–H and O–H groups in total. The van der Waals surface area contributed by atoms with Crippen LogP contribution >= 0.6 is 0 Å². The highest BCUT2D eigenvalue weighted by Gasteiger charge is 2.50. The van der Waals surface area contributed by atoms with E-state index in [9.17, 15) is 9.59 Å². The number of pyridine rings is 2. The second-order valence-corrected chi connectivity index (χ2v) is 8.50. The van der Waals surface area contributed by atoms with E-state index in [1.54, 1.807) is 41.7 Å². The number of rotatable bonds is 6. The Morgan fingerprint density at radius 1 is 1.03 bits per heavy atom. The third kappa shape index (κ3) is 4.26. The lowest BCUT2D eigenvalue weighted by atomic mass is 9.83. The molecule has 1 atom stereocenters. The number of carbonyl (C=O) groups is 2. The zero-order valence-electron chi connectivity index (χ0n) is 18.5. The van der Waals surface area contributed by atoms with Crippen LogP contribution in [0.1, 0.15) is 42.7 Å². The second kappa shape index (κ2) is 9.30. The number of aromatic nitrogens is 2. The van der Waals surface area contributed by atoms with E-state index in [2.05, 4.69) is 21.4 Å². The van der Waals surface area contributed by atoms with Crippen LogP contribution in [0.3, 0.4) is 0 Å². The molecule has 2 aromatic heterocycles. The Hall–Kier alpha value is -3.54. The molecule has 4 rings (SSSR count). The van der Waals surface area contributed by atoms with Gasteiger partial charge >= 0.3 is 0 Å². The van der Waals surface area contributed by atoms with Crippen molar-refractivity contribution in [3.8, 4) is 11.1 Å². The van der Waals surface area contributed by atoms with Crippen molar-refractivity contribution >= 4 is 11.8 Å². The predicted octanol–water partition coefficient (Wildman–Crippen LogP) is 3.89. The van der Waals surface area contributed by atoms with E-state index in [1.807, 2.05) is 44.2 Å². The molecule has 0 saturated carbocycles. The van der Waals surface area contributed by atoms with E-state index in [4.69, 9.17) is 0 Å². The molecule has 1 aliphatic rings. The third-order valence-corrected chi connectivity index (χ3v) is 5.95. The highest BCUT2D eigenvalue weighted by molar-refractivity contribution is 5.99. The molecule has 1 aliphatic heterocycles. The summed E-state index contributed by atoms with van der Waals surface area (Å²) in [5.74, 6) is -0.317. The smallest absolute Gasteiger partial charge is 0.273 e. The molecule has 0 bridgehead atoms. The molecule has 3 heterocycles. The number of nitrogens with zero attached hydrogens (tertiary/aromatic N) is 3. The molecule has 1 fully saturated rings. The maximum Gasteiger partial charge on any atom is 0.273 e. The number of likely N-dealkylation sites (tertiary alicyclic amines) is 1. The van der Waals surface area contributed by atoms with Crippen molar-refractivity contribution in [2.24, 2.45) is 0 Å². The van der Waals surface area contributed by atoms with Crippen LogP contribution in [0.4, 0.5) is 0 Å². The van der Waals surface area contributed by atoms with Gasteiger partial charge in [0.2, 0.25) is 5.91 Å². The lowest BCUT2D eigenvalue weighted by Crippen LogP contribution is -2.59. The number of nitrogens with one attached hydrogen (secondary N) is 1. The van der Waals surface area contributed by atoms with E-state index < -0.39 is 5.54 Å². The molecule has 0 radical (unpaired) electrons. The monoisotopic (exact) mass is 428 g/mol. The molecule has 164 valence electrons. The fourth-order valence-corrected chi connectivity index (χ4v) is 4.50. The lowest BCUT2D eigenvalue weighted by Gasteiger charge is -2.38. The Kier molecular flexibility index (Phi) is 6.30. The molecule has 1 aromatic carbocycles. The maximum absolute atomic E-state index is 13.6. The van der Waals surface area contributed by atoms with Crippen LogP contribution in [0.5, 0.6) is 0 Å². The number of amides is 2. The fourth-order valence-electron chi connectivity index (χ4n) is 4.50. The molecular formula is C26H28N4O2. The van der Waals surface area contributed by atoms with Gasteiger partial charge in [-0.2, -0.15) is 0 Å². The van der Waals surface area contributed by atoms with E-state index in [-0.39, 0.29) is 17.9 Å². The van der Waals surface area contributed by atoms with Gasteiger partial charge in [0.1, 0.15) is 11.2 Å². The normalized spacial score (nSPS) is 18.0. The number of carbonyl (C=O) groups excluding carboxylic acids is 2. The molecule has 3 aromatic rings. The van der Waals surface area contributed by atoms with Gasteiger partial charge in [0, 0.05) is 37.6 Å². The minimum absolute atomic E-state index is 0.0257. The summed E-state index contributed by atoms with van der Waals surface area (Å²) in [6, 6.07) is 17.3. The predicted molar refractivity (Wildman–Crippen MR) is 124 cm³/mol. The first-order valence-electron chi connectivity index (χ1n) is 11.0. The van der Waals surface area contributed by atoms with Crippen molar-refractivity contribution in [1.82, 2.24) is 20.2 Å². The van der Waals surface area contributed by atoms with Crippen LogP contribution in [-0.2, 0) is 11.2 Å². The summed E-state index contributed by atoms with van der Waals surface area (Å²) in [6.07, 6.45) is 6.94. The average molecular weight is 429 g/mol. The topological polar surface area (TPSA) is 75.2 Å². The first-order valence-corrected chi connectivity index (χ1v) is 11.0. The highest BCUT2D eigenvalue weighted by atomic mass is 16.2. The summed E-state index contributed by atoms with van der Waals surface area (Å²) in [5, 5.41) is 3.08. The molecule has 0 aliphatic carbocycles. The van der Waals surface area contributed by atoms with E-state index in [0.717, 1.165) is 23.1 Å². The molecule has 0 spiro atoms. The number of benzene rings is 1. The van der Waals surface area contributed by atoms with Gasteiger partial charge in [-0.3, -0.25) is 19.6 Å². The van der Waals surface area contributed by atoms with Gasteiger partial charge in [-0.25, -0.2) is 0 Å². The van der Waals surface area contributed by atoms with Crippen molar-refractivity contribution in [1.29, 1.82) is 0 Å². The molecule has 32 heavy (non-hydrogen) atoms. The van der Waals surface area contributed by atoms with Crippen molar-refractivity contribution in [3.05, 3.63) is 84.4 Å². The minimum atomic E-state index is -0.970. The number of hydrogen-bond donors (Lipinski definition) is 1. The van der Waals surface area contributed by atoms with Crippen molar-refractivity contribution in [3.63, 3.8) is 0 Å². The number of hydrogen-bond acceptors (Lipinski definition) is 4. The Balaban J connectivity index is 1.77. The standard InChI is InChI=1S/C26H28N4O2/c1-19(2)29-25(32)26(13-7-17-30(26)24(31)23-10-5-6-14-28-23)18-21-8-3-4-9-22(21)20-11-15-27-16-12-20/h3-6,8-12,14-16,19H,7,13,17-18H2,1-2H3,(H,29,32). The van der Waals surface area contributed by atoms with E-state index in [0.29, 0.717) is 25.1 Å². The molecule has 6 nitrogen and oxygen atoms in total. The van der Waals surface area contributed by atoms with Crippen LogP contribution < -0.4 is 5.32 Å². The largest absolute Gasteiger partial charge is 0.352 e. The van der Waals surface area contributed by atoms with Gasteiger partial charge in [-0.15, -0.1) is 0 Å². The maximum atomic E-state index is 13.6. The third-order valence-electron chi connectivity index (χ3n) is 5.95. The zero-order valence-corrected chi connectivity index (χ0v) is 18.5. The SMILES string of the molecule is CC(C)NC(=O)C1(Cc2ccccc2-c2ccncc2)CCCN1C(=O)c1ccccn1. The summed E-state index contributed by atoms with van der Waals surface area (Å²) >= 11 is 0. The minimum Gasteiger partial charge on any atom is -0.352 e. The summed E-state index contributed by atoms with van der Waals surface area (Å²) in [7, 11) is 0. The first kappa shape index (κ1) is 21.7. The molecule has 1 saturated heterocycles. The van der Waals surface area contributed by atoms with Gasteiger partial charge in [0.25, 0.3) is 5.91 Å². The Morgan fingerprint density at radius 2 is 1.78 bits per heavy atom. The van der Waals surface area contributed by atoms with Crippen molar-refractivity contribution in [2.75, 3.05) is 6.54 Å². The Morgan fingerprint density at radius 3 is 2.50 bits per heavy atom. The lowest BCUT2D eigenvalue weighted by molar-refractivity contribution is -0.131. The van der Waals surface area contributed by atoms with Gasteiger partial charge < -0.3 is 10.2 Å². The summed E-state index contributed by atoms with van der Waals surface area (Å²) < 4.78 is 0. The first-order chi connectivity index (χ1) is 15.5. The van der Waals surface area contributed by atoms with Gasteiger partial charge in [0.15, 0.2) is 0 Å². The van der Waals surface area contributed by atoms with Gasteiger partial charge in [0.05, 0.1) is 0 Å². The molecule has 2 amide bonds. The Bertz CT molecular complexity index is 1090. The highest BCUT2D eigenvalue weighted by Crippen LogP contribution is 2.37. The average Bonchev–Trinajstić information content (AvgIpc) is 3.24. The van der Waals surface area contributed by atoms with Crippen LogP contribution in [-0.4, -0.2) is 44.8 Å². The van der Waals surface area contributed by atoms with Crippen LogP contribution in [0.2, 0.25) is 0 Å². The van der Waals surface area contributed by atoms with Gasteiger partial charge in [-0.1, -0.05) is 30.3 Å². The molecule has 1 unspecified atom stereocenters. The zero-order chi connectivity index (χ0) is 22.6. The fraction of sp³-hybridized carbons (Fsp3) is 0.308. The summed E-state index contributed by atoms with van der Waals surface area (Å²) in [5.41, 5.74) is 2.50. The summed E-state index contributed by atoms with van der Waals surface area (Å²) in [6.45, 7) is 4.41. The quantitative estimate of drug-likeness (QED) is 0.646. The van der Waals surface area contributed by atoms with E-state index >= 15 is 0 Å². The van der Waals surface area contributed by atoms with Crippen LogP contribution in [0, 0.1) is 0 Å².